The van der Waals surface area contributed by atoms with E-state index < -0.39 is 0 Å². The Balaban J connectivity index is 0.995. The van der Waals surface area contributed by atoms with Gasteiger partial charge in [-0.15, -0.1) is 11.3 Å². The maximum absolute atomic E-state index is 6.70. The molecule has 0 N–H and O–H groups in total. The normalized spacial score (nSPS) is 12.1. The van der Waals surface area contributed by atoms with E-state index >= 15 is 0 Å². The van der Waals surface area contributed by atoms with Crippen molar-refractivity contribution in [3.63, 3.8) is 0 Å². The van der Waals surface area contributed by atoms with E-state index in [4.69, 9.17) is 4.42 Å². The molecule has 0 aliphatic carbocycles. The largest absolute Gasteiger partial charge is 0.455 e. The molecule has 10 aromatic carbocycles. The third-order valence-corrected chi connectivity index (χ3v) is 12.5. The molecule has 0 fully saturated rings. The minimum atomic E-state index is 0.920. The molecule has 0 saturated heterocycles. The fourth-order valence-corrected chi connectivity index (χ4v) is 10.1. The molecule has 12 rings (SSSR count). The number of rotatable bonds is 3. The van der Waals surface area contributed by atoms with Crippen molar-refractivity contribution in [3.05, 3.63) is 182 Å². The average Bonchev–Trinajstić information content (AvgIpc) is 3.81. The molecule has 0 spiro atoms. The molecule has 2 heterocycles. The lowest BCUT2D eigenvalue weighted by Gasteiger charge is -2.18. The predicted molar refractivity (Wildman–Crippen MR) is 233 cm³/mol. The van der Waals surface area contributed by atoms with E-state index in [-0.39, 0.29) is 0 Å². The van der Waals surface area contributed by atoms with Crippen LogP contribution in [-0.2, 0) is 0 Å². The second-order valence-electron chi connectivity index (χ2n) is 14.4. The van der Waals surface area contributed by atoms with Crippen molar-refractivity contribution in [2.24, 2.45) is 0 Å². The predicted octanol–water partition coefficient (Wildman–Crippen LogP) is 15.6. The van der Waals surface area contributed by atoms with Crippen molar-refractivity contribution in [1.29, 1.82) is 0 Å². The van der Waals surface area contributed by atoms with Crippen LogP contribution >= 0.6 is 11.3 Å². The number of furan rings is 1. The Morgan fingerprint density at radius 3 is 1.59 bits per heavy atom. The maximum Gasteiger partial charge on any atom is 0.144 e. The molecule has 0 unspecified atom stereocenters. The van der Waals surface area contributed by atoms with Gasteiger partial charge in [-0.2, -0.15) is 0 Å². The van der Waals surface area contributed by atoms with E-state index in [1.165, 1.54) is 96.6 Å². The van der Waals surface area contributed by atoms with Crippen LogP contribution < -0.4 is 0 Å². The van der Waals surface area contributed by atoms with Gasteiger partial charge in [0.25, 0.3) is 0 Å². The lowest BCUT2D eigenvalue weighted by Crippen LogP contribution is -1.90. The molecule has 0 amide bonds. The molecule has 1 nitrogen and oxygen atoms in total. The minimum absolute atomic E-state index is 0.920. The Morgan fingerprint density at radius 2 is 0.852 bits per heavy atom. The van der Waals surface area contributed by atoms with E-state index in [0.717, 1.165) is 21.9 Å². The van der Waals surface area contributed by atoms with Gasteiger partial charge in [0.15, 0.2) is 0 Å². The van der Waals surface area contributed by atoms with Gasteiger partial charge in [0.1, 0.15) is 11.2 Å². The molecule has 0 saturated carbocycles. The van der Waals surface area contributed by atoms with Crippen molar-refractivity contribution in [2.45, 2.75) is 0 Å². The fraction of sp³-hybridized carbons (Fsp3) is 0. The van der Waals surface area contributed by atoms with E-state index in [2.05, 4.69) is 182 Å². The molecule has 0 atom stereocenters. The van der Waals surface area contributed by atoms with Gasteiger partial charge in [-0.1, -0.05) is 140 Å². The maximum atomic E-state index is 6.70. The molecule has 12 aromatic rings. The topological polar surface area (TPSA) is 13.1 Å². The lowest BCUT2D eigenvalue weighted by molar-refractivity contribution is 0.673. The summed E-state index contributed by atoms with van der Waals surface area (Å²) < 4.78 is 9.25. The Hall–Kier alpha value is -6.74. The zero-order valence-corrected chi connectivity index (χ0v) is 30.0. The van der Waals surface area contributed by atoms with E-state index in [1.54, 1.807) is 0 Å². The van der Waals surface area contributed by atoms with Crippen LogP contribution in [0.4, 0.5) is 0 Å². The first-order valence-corrected chi connectivity index (χ1v) is 19.3. The number of benzene rings is 10. The fourth-order valence-electron chi connectivity index (χ4n) is 8.97. The van der Waals surface area contributed by atoms with E-state index in [1.807, 2.05) is 11.3 Å². The van der Waals surface area contributed by atoms with Gasteiger partial charge in [0.2, 0.25) is 0 Å². The van der Waals surface area contributed by atoms with Crippen LogP contribution in [-0.4, -0.2) is 0 Å². The van der Waals surface area contributed by atoms with Gasteiger partial charge in [0.05, 0.1) is 0 Å². The summed E-state index contributed by atoms with van der Waals surface area (Å²) >= 11 is 1.84. The molecule has 54 heavy (non-hydrogen) atoms. The summed E-state index contributed by atoms with van der Waals surface area (Å²) in [7, 11) is 0. The average molecular weight is 703 g/mol. The van der Waals surface area contributed by atoms with Crippen molar-refractivity contribution < 1.29 is 4.42 Å². The highest BCUT2D eigenvalue weighted by atomic mass is 32.1. The van der Waals surface area contributed by atoms with Gasteiger partial charge in [-0.05, 0) is 119 Å². The van der Waals surface area contributed by atoms with Gasteiger partial charge < -0.3 is 4.42 Å². The smallest absolute Gasteiger partial charge is 0.144 e. The van der Waals surface area contributed by atoms with Gasteiger partial charge in [0, 0.05) is 30.9 Å². The third-order valence-electron chi connectivity index (χ3n) is 11.4. The summed E-state index contributed by atoms with van der Waals surface area (Å²) in [4.78, 5) is 0. The van der Waals surface area contributed by atoms with Crippen LogP contribution in [0.15, 0.2) is 186 Å². The Kier molecular flexibility index (Phi) is 6.28. The monoisotopic (exact) mass is 702 g/mol. The Bertz CT molecular complexity index is 3440. The van der Waals surface area contributed by atoms with Crippen molar-refractivity contribution in [3.8, 4) is 33.4 Å². The van der Waals surface area contributed by atoms with Crippen LogP contribution in [0.2, 0.25) is 0 Å². The van der Waals surface area contributed by atoms with E-state index in [9.17, 15) is 0 Å². The molecular weight excluding hydrogens is 673 g/mol. The van der Waals surface area contributed by atoms with Gasteiger partial charge in [-0.25, -0.2) is 0 Å². The van der Waals surface area contributed by atoms with Crippen molar-refractivity contribution in [1.82, 2.24) is 0 Å². The standard InChI is InChI=1S/C52H30OS/c1-2-11-32(12-3-1)48-39-14-6-8-16-41(39)49(42-17-9-7-15-40(42)48)37-21-20-33-28-34(18-19-35(33)29-37)36-22-25-45-44(30-36)43-24-27-47-51(52(43)53-45)50-38-13-5-4-10-31(38)23-26-46(50)54-47/h1-30H. The van der Waals surface area contributed by atoms with Crippen LogP contribution in [0.5, 0.6) is 0 Å². The first-order chi connectivity index (χ1) is 26.8. The van der Waals surface area contributed by atoms with Crippen LogP contribution in [0.25, 0.3) is 119 Å². The number of hydrogen-bond donors (Lipinski definition) is 0. The van der Waals surface area contributed by atoms with E-state index in [0.29, 0.717) is 0 Å². The molecule has 0 aliphatic rings. The molecule has 0 bridgehead atoms. The van der Waals surface area contributed by atoms with Crippen LogP contribution in [0.1, 0.15) is 0 Å². The van der Waals surface area contributed by atoms with Crippen LogP contribution in [0, 0.1) is 0 Å². The van der Waals surface area contributed by atoms with Gasteiger partial charge in [-0.3, -0.25) is 0 Å². The highest BCUT2D eigenvalue weighted by molar-refractivity contribution is 7.26. The Labute approximate surface area is 314 Å². The Morgan fingerprint density at radius 1 is 0.315 bits per heavy atom. The third kappa shape index (κ3) is 4.32. The summed E-state index contributed by atoms with van der Waals surface area (Å²) in [6, 6.07) is 66.7. The number of hydrogen-bond acceptors (Lipinski definition) is 2. The molecule has 0 aliphatic heterocycles. The molecular formula is C52H30OS. The summed E-state index contributed by atoms with van der Waals surface area (Å²) in [5, 5.41) is 14.9. The molecule has 0 radical (unpaired) electrons. The highest BCUT2D eigenvalue weighted by Gasteiger charge is 2.19. The van der Waals surface area contributed by atoms with Crippen LogP contribution in [0.3, 0.4) is 0 Å². The molecule has 250 valence electrons. The first-order valence-electron chi connectivity index (χ1n) is 18.5. The van der Waals surface area contributed by atoms with Gasteiger partial charge >= 0.3 is 0 Å². The zero-order chi connectivity index (χ0) is 35.3. The lowest BCUT2D eigenvalue weighted by atomic mass is 9.85. The molecule has 2 heteroatoms. The van der Waals surface area contributed by atoms with Crippen molar-refractivity contribution in [2.75, 3.05) is 0 Å². The second-order valence-corrected chi connectivity index (χ2v) is 15.5. The highest BCUT2D eigenvalue weighted by Crippen LogP contribution is 2.46. The number of thiophene rings is 1. The first kappa shape index (κ1) is 29.8. The quantitative estimate of drug-likeness (QED) is 0.167. The SMILES string of the molecule is c1ccc(-c2c3ccccc3c(-c3ccc4cc(-c5ccc6oc7c(ccc8sc9ccc%10ccccc%10c9c87)c6c5)ccc4c3)c3ccccc23)cc1. The van der Waals surface area contributed by atoms with Crippen molar-refractivity contribution >= 4 is 96.5 Å². The minimum Gasteiger partial charge on any atom is -0.455 e. The summed E-state index contributed by atoms with van der Waals surface area (Å²) in [6.45, 7) is 0. The second kappa shape index (κ2) is 11.4. The summed E-state index contributed by atoms with van der Waals surface area (Å²) in [5.74, 6) is 0. The molecule has 2 aromatic heterocycles. The number of fused-ring (bicyclic) bond motifs is 12. The summed E-state index contributed by atoms with van der Waals surface area (Å²) in [6.07, 6.45) is 0. The summed E-state index contributed by atoms with van der Waals surface area (Å²) in [5.41, 5.74) is 9.33. The zero-order valence-electron chi connectivity index (χ0n) is 29.1.